The Hall–Kier alpha value is -2.09. The fraction of sp³-hybridized carbons (Fsp3) is 0.316. The molecule has 0 saturated heterocycles. The van der Waals surface area contributed by atoms with Gasteiger partial charge < -0.3 is 5.32 Å². The maximum absolute atomic E-state index is 12.7. The molecule has 2 heteroatoms. The van der Waals surface area contributed by atoms with E-state index in [9.17, 15) is 4.79 Å². The lowest BCUT2D eigenvalue weighted by atomic mass is 9.79. The summed E-state index contributed by atoms with van der Waals surface area (Å²) < 4.78 is 0. The van der Waals surface area contributed by atoms with E-state index in [0.29, 0.717) is 5.92 Å². The van der Waals surface area contributed by atoms with Crippen molar-refractivity contribution in [3.63, 3.8) is 0 Å². The lowest BCUT2D eigenvalue weighted by Crippen LogP contribution is -2.27. The summed E-state index contributed by atoms with van der Waals surface area (Å²) in [6, 6.07) is 16.3. The molecule has 1 aliphatic heterocycles. The molecule has 0 radical (unpaired) electrons. The van der Waals surface area contributed by atoms with Crippen molar-refractivity contribution in [2.24, 2.45) is 0 Å². The third-order valence-corrected chi connectivity index (χ3v) is 4.84. The first kappa shape index (κ1) is 12.6. The fourth-order valence-electron chi connectivity index (χ4n) is 3.34. The van der Waals surface area contributed by atoms with Crippen LogP contribution in [0.4, 0.5) is 5.69 Å². The number of Topliss-reactive ketones (excluding diaryl/α,β-unsaturated/α-hetero) is 1. The number of carbonyl (C=O) groups is 1. The monoisotopic (exact) mass is 277 g/mol. The number of rotatable bonds is 3. The largest absolute Gasteiger partial charge is 0.374 e. The van der Waals surface area contributed by atoms with Crippen LogP contribution < -0.4 is 5.32 Å². The van der Waals surface area contributed by atoms with Crippen molar-refractivity contribution in [1.82, 2.24) is 0 Å². The standard InChI is InChI=1S/C19H19NO/c21-19(18-12-15-5-1-2-10-17(15)20-18)16-9-4-8-14(11-16)13-6-3-7-13/h1-2,4-5,8-11,13,18,20H,3,6-7,12H2. The first-order chi connectivity index (χ1) is 10.3. The van der Waals surface area contributed by atoms with Crippen LogP contribution >= 0.6 is 0 Å². The first-order valence-electron chi connectivity index (χ1n) is 7.80. The number of anilines is 1. The molecule has 4 rings (SSSR count). The van der Waals surface area contributed by atoms with Gasteiger partial charge in [-0.3, -0.25) is 4.79 Å². The number of fused-ring (bicyclic) bond motifs is 1. The van der Waals surface area contributed by atoms with E-state index >= 15 is 0 Å². The van der Waals surface area contributed by atoms with Gasteiger partial charge in [0.15, 0.2) is 5.78 Å². The van der Waals surface area contributed by atoms with Gasteiger partial charge in [-0.15, -0.1) is 0 Å². The normalized spacial score (nSPS) is 20.5. The van der Waals surface area contributed by atoms with Crippen LogP contribution in [0, 0.1) is 0 Å². The summed E-state index contributed by atoms with van der Waals surface area (Å²) in [6.45, 7) is 0. The fourth-order valence-corrected chi connectivity index (χ4v) is 3.34. The summed E-state index contributed by atoms with van der Waals surface area (Å²) >= 11 is 0. The third-order valence-electron chi connectivity index (χ3n) is 4.84. The lowest BCUT2D eigenvalue weighted by Gasteiger charge is -2.26. The molecule has 106 valence electrons. The Morgan fingerprint density at radius 1 is 1.05 bits per heavy atom. The lowest BCUT2D eigenvalue weighted by molar-refractivity contribution is 0.0971. The molecule has 1 aliphatic carbocycles. The molecule has 1 saturated carbocycles. The van der Waals surface area contributed by atoms with Gasteiger partial charge in [0.05, 0.1) is 6.04 Å². The topological polar surface area (TPSA) is 29.1 Å². The molecular formula is C19H19NO. The van der Waals surface area contributed by atoms with Gasteiger partial charge in [0.25, 0.3) is 0 Å². The van der Waals surface area contributed by atoms with E-state index in [4.69, 9.17) is 0 Å². The molecule has 1 N–H and O–H groups in total. The zero-order valence-corrected chi connectivity index (χ0v) is 12.0. The highest BCUT2D eigenvalue weighted by Crippen LogP contribution is 2.36. The van der Waals surface area contributed by atoms with Crippen molar-refractivity contribution < 1.29 is 4.79 Å². The zero-order chi connectivity index (χ0) is 14.2. The summed E-state index contributed by atoms with van der Waals surface area (Å²) in [5.41, 5.74) is 4.53. The Labute approximate surface area is 125 Å². The van der Waals surface area contributed by atoms with Gasteiger partial charge in [-0.05, 0) is 42.0 Å². The summed E-state index contributed by atoms with van der Waals surface area (Å²) in [7, 11) is 0. The number of carbonyl (C=O) groups excluding carboxylic acids is 1. The van der Waals surface area contributed by atoms with E-state index < -0.39 is 0 Å². The predicted molar refractivity (Wildman–Crippen MR) is 84.9 cm³/mol. The Kier molecular flexibility index (Phi) is 3.03. The van der Waals surface area contributed by atoms with Gasteiger partial charge >= 0.3 is 0 Å². The maximum atomic E-state index is 12.7. The summed E-state index contributed by atoms with van der Waals surface area (Å²) in [6.07, 6.45) is 4.65. The average molecular weight is 277 g/mol. The minimum Gasteiger partial charge on any atom is -0.374 e. The highest BCUT2D eigenvalue weighted by Gasteiger charge is 2.28. The molecule has 1 fully saturated rings. The number of para-hydroxylation sites is 1. The van der Waals surface area contributed by atoms with Crippen LogP contribution in [0.15, 0.2) is 48.5 Å². The highest BCUT2D eigenvalue weighted by atomic mass is 16.1. The number of nitrogens with one attached hydrogen (secondary N) is 1. The van der Waals surface area contributed by atoms with E-state index in [1.54, 1.807) is 0 Å². The Bertz CT molecular complexity index is 662. The van der Waals surface area contributed by atoms with Crippen LogP contribution in [0.2, 0.25) is 0 Å². The van der Waals surface area contributed by atoms with Crippen molar-refractivity contribution >= 4 is 11.5 Å². The Balaban J connectivity index is 1.56. The number of hydrogen-bond donors (Lipinski definition) is 1. The molecule has 1 unspecified atom stereocenters. The van der Waals surface area contributed by atoms with E-state index in [1.807, 2.05) is 30.3 Å². The molecule has 0 bridgehead atoms. The highest BCUT2D eigenvalue weighted by molar-refractivity contribution is 6.03. The molecule has 1 heterocycles. The molecule has 1 atom stereocenters. The second-order valence-electron chi connectivity index (χ2n) is 6.18. The maximum Gasteiger partial charge on any atom is 0.185 e. The number of ketones is 1. The van der Waals surface area contributed by atoms with Crippen molar-refractivity contribution in [2.45, 2.75) is 37.6 Å². The van der Waals surface area contributed by atoms with Gasteiger partial charge in [-0.25, -0.2) is 0 Å². The van der Waals surface area contributed by atoms with Crippen LogP contribution in [0.1, 0.15) is 46.7 Å². The van der Waals surface area contributed by atoms with Gasteiger partial charge in [0.2, 0.25) is 0 Å². The number of benzene rings is 2. The van der Waals surface area contributed by atoms with Crippen molar-refractivity contribution in [3.05, 3.63) is 65.2 Å². The van der Waals surface area contributed by atoms with Crippen LogP contribution in [-0.2, 0) is 6.42 Å². The van der Waals surface area contributed by atoms with Gasteiger partial charge in [-0.2, -0.15) is 0 Å². The minimum absolute atomic E-state index is 0.112. The average Bonchev–Trinajstić information content (AvgIpc) is 2.89. The molecule has 2 aliphatic rings. The number of hydrogen-bond acceptors (Lipinski definition) is 2. The van der Waals surface area contributed by atoms with E-state index in [2.05, 4.69) is 23.5 Å². The molecule has 2 aromatic rings. The SMILES string of the molecule is O=C(c1cccc(C2CCC2)c1)C1Cc2ccccc2N1. The summed E-state index contributed by atoms with van der Waals surface area (Å²) in [5, 5.41) is 3.36. The van der Waals surface area contributed by atoms with Crippen LogP contribution in [0.25, 0.3) is 0 Å². The molecule has 21 heavy (non-hydrogen) atoms. The second-order valence-corrected chi connectivity index (χ2v) is 6.18. The van der Waals surface area contributed by atoms with Crippen molar-refractivity contribution in [1.29, 1.82) is 0 Å². The Morgan fingerprint density at radius 2 is 1.90 bits per heavy atom. The first-order valence-corrected chi connectivity index (χ1v) is 7.80. The predicted octanol–water partition coefficient (Wildman–Crippen LogP) is 4.17. The van der Waals surface area contributed by atoms with Crippen molar-refractivity contribution in [2.75, 3.05) is 5.32 Å². The van der Waals surface area contributed by atoms with Crippen LogP contribution in [0.3, 0.4) is 0 Å². The van der Waals surface area contributed by atoms with Crippen LogP contribution in [-0.4, -0.2) is 11.8 Å². The van der Waals surface area contributed by atoms with E-state index in [-0.39, 0.29) is 11.8 Å². The molecular weight excluding hydrogens is 258 g/mol. The van der Waals surface area contributed by atoms with Gasteiger partial charge in [0.1, 0.15) is 0 Å². The van der Waals surface area contributed by atoms with Gasteiger partial charge in [-0.1, -0.05) is 42.8 Å². The third kappa shape index (κ3) is 2.25. The summed E-state index contributed by atoms with van der Waals surface area (Å²) in [5.74, 6) is 0.888. The quantitative estimate of drug-likeness (QED) is 0.853. The van der Waals surface area contributed by atoms with E-state index in [0.717, 1.165) is 17.7 Å². The molecule has 0 amide bonds. The zero-order valence-electron chi connectivity index (χ0n) is 12.0. The molecule has 0 aromatic heterocycles. The van der Waals surface area contributed by atoms with Crippen molar-refractivity contribution in [3.8, 4) is 0 Å². The molecule has 2 nitrogen and oxygen atoms in total. The van der Waals surface area contributed by atoms with Crippen LogP contribution in [0.5, 0.6) is 0 Å². The smallest absolute Gasteiger partial charge is 0.185 e. The summed E-state index contributed by atoms with van der Waals surface area (Å²) in [4.78, 5) is 12.7. The second kappa shape index (κ2) is 5.03. The van der Waals surface area contributed by atoms with E-state index in [1.165, 1.54) is 30.4 Å². The Morgan fingerprint density at radius 3 is 2.67 bits per heavy atom. The van der Waals surface area contributed by atoms with Gasteiger partial charge in [0, 0.05) is 17.7 Å². The minimum atomic E-state index is -0.112. The molecule has 2 aromatic carbocycles. The molecule has 0 spiro atoms.